The fraction of sp³-hybridized carbons (Fsp3) is 1.00. The van der Waals surface area contributed by atoms with Crippen LogP contribution >= 0.6 is 0 Å². The van der Waals surface area contributed by atoms with Crippen molar-refractivity contribution in [1.29, 1.82) is 0 Å². The van der Waals surface area contributed by atoms with Gasteiger partial charge in [-0.3, -0.25) is 0 Å². The van der Waals surface area contributed by atoms with Crippen LogP contribution in [-0.2, 0) is 0 Å². The first kappa shape index (κ1) is 9.01. The molecule has 0 bridgehead atoms. The molecule has 0 aliphatic carbocycles. The van der Waals surface area contributed by atoms with Crippen molar-refractivity contribution in [2.45, 2.75) is 39.3 Å². The molecule has 0 spiro atoms. The second kappa shape index (κ2) is 3.55. The third-order valence-corrected chi connectivity index (χ3v) is 2.75. The Hall–Kier alpha value is -0.0800. The number of likely N-dealkylation sites (tertiary alicyclic amines) is 1. The summed E-state index contributed by atoms with van der Waals surface area (Å²) in [6, 6.07) is 1.14. The van der Waals surface area contributed by atoms with Crippen molar-refractivity contribution in [1.82, 2.24) is 4.90 Å². The minimum absolute atomic E-state index is 0.435. The van der Waals surface area contributed by atoms with Crippen LogP contribution < -0.4 is 5.73 Å². The van der Waals surface area contributed by atoms with Crippen molar-refractivity contribution in [3.8, 4) is 0 Å². The van der Waals surface area contributed by atoms with Crippen molar-refractivity contribution in [3.05, 3.63) is 0 Å². The number of nitrogens with zero attached hydrogens (tertiary/aromatic N) is 1. The van der Waals surface area contributed by atoms with Gasteiger partial charge in [-0.2, -0.15) is 0 Å². The van der Waals surface area contributed by atoms with Gasteiger partial charge in [0.15, 0.2) is 0 Å². The SMILES string of the molecule is CC[C@H](N)C1CN(C(C)C)C1. The van der Waals surface area contributed by atoms with Crippen LogP contribution in [0.25, 0.3) is 0 Å². The number of rotatable bonds is 3. The predicted octanol–water partition coefficient (Wildman–Crippen LogP) is 1.06. The summed E-state index contributed by atoms with van der Waals surface area (Å²) in [5, 5.41) is 0. The number of nitrogens with two attached hydrogens (primary N) is 1. The summed E-state index contributed by atoms with van der Waals surface area (Å²) in [6.07, 6.45) is 1.12. The second-order valence-corrected chi connectivity index (χ2v) is 3.88. The van der Waals surface area contributed by atoms with Gasteiger partial charge in [0.25, 0.3) is 0 Å². The maximum absolute atomic E-state index is 5.91. The van der Waals surface area contributed by atoms with Gasteiger partial charge in [0, 0.05) is 25.2 Å². The van der Waals surface area contributed by atoms with Gasteiger partial charge in [-0.25, -0.2) is 0 Å². The molecule has 0 amide bonds. The zero-order valence-corrected chi connectivity index (χ0v) is 7.88. The molecule has 1 aliphatic heterocycles. The molecule has 2 N–H and O–H groups in total. The molecule has 0 radical (unpaired) electrons. The van der Waals surface area contributed by atoms with Crippen LogP contribution in [0.15, 0.2) is 0 Å². The molecule has 1 saturated heterocycles. The lowest BCUT2D eigenvalue weighted by Crippen LogP contribution is -2.56. The Bertz CT molecular complexity index is 117. The lowest BCUT2D eigenvalue weighted by atomic mass is 9.89. The number of hydrogen-bond donors (Lipinski definition) is 1. The van der Waals surface area contributed by atoms with Gasteiger partial charge in [0.2, 0.25) is 0 Å². The molecule has 2 nitrogen and oxygen atoms in total. The average Bonchev–Trinajstić information content (AvgIpc) is 1.83. The highest BCUT2D eigenvalue weighted by Gasteiger charge is 2.31. The maximum atomic E-state index is 5.91. The van der Waals surface area contributed by atoms with Crippen LogP contribution in [-0.4, -0.2) is 30.1 Å². The molecule has 1 atom stereocenters. The van der Waals surface area contributed by atoms with E-state index in [0.717, 1.165) is 12.3 Å². The Balaban J connectivity index is 2.18. The van der Waals surface area contributed by atoms with E-state index in [2.05, 4.69) is 25.7 Å². The fourth-order valence-electron chi connectivity index (χ4n) is 1.57. The van der Waals surface area contributed by atoms with Gasteiger partial charge < -0.3 is 10.6 Å². The molecule has 2 heteroatoms. The summed E-state index contributed by atoms with van der Waals surface area (Å²) in [5.74, 6) is 0.766. The molecule has 1 fully saturated rings. The molecule has 1 aliphatic rings. The van der Waals surface area contributed by atoms with Gasteiger partial charge in [-0.05, 0) is 26.2 Å². The van der Waals surface area contributed by atoms with E-state index >= 15 is 0 Å². The van der Waals surface area contributed by atoms with E-state index < -0.39 is 0 Å². The summed E-state index contributed by atoms with van der Waals surface area (Å²) in [4.78, 5) is 2.47. The Morgan fingerprint density at radius 1 is 1.45 bits per heavy atom. The van der Waals surface area contributed by atoms with E-state index in [1.165, 1.54) is 13.1 Å². The van der Waals surface area contributed by atoms with Crippen LogP contribution in [0, 0.1) is 5.92 Å². The largest absolute Gasteiger partial charge is 0.327 e. The molecule has 11 heavy (non-hydrogen) atoms. The Morgan fingerprint density at radius 3 is 2.36 bits per heavy atom. The van der Waals surface area contributed by atoms with Crippen molar-refractivity contribution >= 4 is 0 Å². The van der Waals surface area contributed by atoms with Gasteiger partial charge in [0.1, 0.15) is 0 Å². The standard InChI is InChI=1S/C9H20N2/c1-4-9(10)8-5-11(6-8)7(2)3/h7-9H,4-6,10H2,1-3H3/t9-/m0/s1. The van der Waals surface area contributed by atoms with Crippen LogP contribution in [0.3, 0.4) is 0 Å². The summed E-state index contributed by atoms with van der Waals surface area (Å²) in [5.41, 5.74) is 5.91. The zero-order valence-electron chi connectivity index (χ0n) is 7.88. The van der Waals surface area contributed by atoms with E-state index in [1.807, 2.05) is 0 Å². The van der Waals surface area contributed by atoms with Crippen molar-refractivity contribution in [2.24, 2.45) is 11.7 Å². The van der Waals surface area contributed by atoms with Gasteiger partial charge in [-0.1, -0.05) is 6.92 Å². The highest BCUT2D eigenvalue weighted by atomic mass is 15.2. The van der Waals surface area contributed by atoms with Crippen LogP contribution in [0.4, 0.5) is 0 Å². The van der Waals surface area contributed by atoms with E-state index in [9.17, 15) is 0 Å². The van der Waals surface area contributed by atoms with Crippen molar-refractivity contribution in [3.63, 3.8) is 0 Å². The van der Waals surface area contributed by atoms with Gasteiger partial charge in [-0.15, -0.1) is 0 Å². The normalized spacial score (nSPS) is 23.7. The summed E-state index contributed by atoms with van der Waals surface area (Å²) in [6.45, 7) is 9.09. The Labute approximate surface area is 69.8 Å². The lowest BCUT2D eigenvalue weighted by Gasteiger charge is -2.44. The van der Waals surface area contributed by atoms with Crippen LogP contribution in [0.2, 0.25) is 0 Å². The summed E-state index contributed by atoms with van der Waals surface area (Å²) < 4.78 is 0. The minimum atomic E-state index is 0.435. The fourth-order valence-corrected chi connectivity index (χ4v) is 1.57. The molecular formula is C9H20N2. The zero-order chi connectivity index (χ0) is 8.43. The van der Waals surface area contributed by atoms with Gasteiger partial charge in [0.05, 0.1) is 0 Å². The Morgan fingerprint density at radius 2 is 2.00 bits per heavy atom. The monoisotopic (exact) mass is 156 g/mol. The first-order valence-corrected chi connectivity index (χ1v) is 4.64. The van der Waals surface area contributed by atoms with Crippen LogP contribution in [0.5, 0.6) is 0 Å². The molecule has 66 valence electrons. The third kappa shape index (κ3) is 1.94. The second-order valence-electron chi connectivity index (χ2n) is 3.88. The summed E-state index contributed by atoms with van der Waals surface area (Å²) >= 11 is 0. The van der Waals surface area contributed by atoms with E-state index in [-0.39, 0.29) is 0 Å². The summed E-state index contributed by atoms with van der Waals surface area (Å²) in [7, 11) is 0. The number of hydrogen-bond acceptors (Lipinski definition) is 2. The molecular weight excluding hydrogens is 136 g/mol. The quantitative estimate of drug-likeness (QED) is 0.662. The Kier molecular flexibility index (Phi) is 2.90. The first-order valence-electron chi connectivity index (χ1n) is 4.64. The molecule has 0 saturated carbocycles. The van der Waals surface area contributed by atoms with Crippen molar-refractivity contribution < 1.29 is 0 Å². The highest BCUT2D eigenvalue weighted by molar-refractivity contribution is 4.87. The highest BCUT2D eigenvalue weighted by Crippen LogP contribution is 2.21. The first-order chi connectivity index (χ1) is 5.15. The van der Waals surface area contributed by atoms with Crippen molar-refractivity contribution in [2.75, 3.05) is 13.1 Å². The smallest absolute Gasteiger partial charge is 0.00890 e. The lowest BCUT2D eigenvalue weighted by molar-refractivity contribution is 0.0516. The van der Waals surface area contributed by atoms with Crippen LogP contribution in [0.1, 0.15) is 27.2 Å². The van der Waals surface area contributed by atoms with E-state index in [4.69, 9.17) is 5.73 Å². The predicted molar refractivity (Wildman–Crippen MR) is 48.5 cm³/mol. The molecule has 0 aromatic carbocycles. The molecule has 0 aromatic rings. The molecule has 0 aromatic heterocycles. The third-order valence-electron chi connectivity index (χ3n) is 2.75. The topological polar surface area (TPSA) is 29.3 Å². The van der Waals surface area contributed by atoms with E-state index in [1.54, 1.807) is 0 Å². The molecule has 0 unspecified atom stereocenters. The minimum Gasteiger partial charge on any atom is -0.327 e. The maximum Gasteiger partial charge on any atom is 0.00890 e. The molecule has 1 rings (SSSR count). The average molecular weight is 156 g/mol. The van der Waals surface area contributed by atoms with Gasteiger partial charge >= 0.3 is 0 Å². The van der Waals surface area contributed by atoms with E-state index in [0.29, 0.717) is 12.1 Å². The molecule has 1 heterocycles.